The molecule has 1 saturated heterocycles. The molecule has 0 spiro atoms. The lowest BCUT2D eigenvalue weighted by Gasteiger charge is -2.26. The molecule has 0 radical (unpaired) electrons. The first-order chi connectivity index (χ1) is 11.1. The molecule has 2 aromatic carbocycles. The quantitative estimate of drug-likeness (QED) is 0.632. The maximum absolute atomic E-state index is 12.9. The molecule has 118 valence electrons. The Kier molecular flexibility index (Phi) is 3.65. The van der Waals surface area contributed by atoms with E-state index in [1.165, 1.54) is 0 Å². The number of hydrogen-bond donors (Lipinski definition) is 0. The average molecular weight is 347 g/mol. The van der Waals surface area contributed by atoms with E-state index in [1.54, 1.807) is 17.4 Å². The van der Waals surface area contributed by atoms with Gasteiger partial charge in [-0.25, -0.2) is 0 Å². The van der Waals surface area contributed by atoms with Crippen LogP contribution in [0.5, 0.6) is 0 Å². The summed E-state index contributed by atoms with van der Waals surface area (Å²) in [5.74, 6) is -0.728. The second kappa shape index (κ2) is 5.56. The zero-order valence-electron chi connectivity index (χ0n) is 12.6. The normalized spacial score (nSPS) is 17.1. The van der Waals surface area contributed by atoms with Crippen molar-refractivity contribution in [1.29, 1.82) is 0 Å². The van der Waals surface area contributed by atoms with Crippen LogP contribution in [-0.2, 0) is 15.3 Å². The topological polar surface area (TPSA) is 35.5 Å². The minimum absolute atomic E-state index is 0.00218. The fourth-order valence-corrected chi connectivity index (χ4v) is 4.30. The van der Waals surface area contributed by atoms with Gasteiger partial charge in [0, 0.05) is 37.2 Å². The third kappa shape index (κ3) is 2.37. The van der Waals surface area contributed by atoms with Crippen molar-refractivity contribution in [2.75, 3.05) is 13.2 Å². The van der Waals surface area contributed by atoms with E-state index in [0.29, 0.717) is 35.4 Å². The molecule has 1 fully saturated rings. The summed E-state index contributed by atoms with van der Waals surface area (Å²) in [5.41, 5.74) is 0.901. The average Bonchev–Trinajstić information content (AvgIpc) is 3.06. The van der Waals surface area contributed by atoms with Gasteiger partial charge in [0.05, 0.1) is 13.2 Å². The fourth-order valence-electron chi connectivity index (χ4n) is 3.10. The highest BCUT2D eigenvalue weighted by molar-refractivity contribution is 7.24. The van der Waals surface area contributed by atoms with Gasteiger partial charge in [-0.15, -0.1) is 11.3 Å². The van der Waals surface area contributed by atoms with Crippen molar-refractivity contribution in [1.82, 2.24) is 0 Å². The molecule has 0 atom stereocenters. The van der Waals surface area contributed by atoms with E-state index in [-0.39, 0.29) is 5.43 Å². The van der Waals surface area contributed by atoms with E-state index in [0.717, 1.165) is 15.0 Å². The van der Waals surface area contributed by atoms with Crippen LogP contribution in [0.4, 0.5) is 0 Å². The van der Waals surface area contributed by atoms with Gasteiger partial charge in [-0.05, 0) is 30.3 Å². The maximum Gasteiger partial charge on any atom is 0.195 e. The summed E-state index contributed by atoms with van der Waals surface area (Å²) in [6.45, 7) is 3.18. The third-order valence-corrected chi connectivity index (χ3v) is 5.68. The highest BCUT2D eigenvalue weighted by atomic mass is 35.5. The zero-order chi connectivity index (χ0) is 16.0. The van der Waals surface area contributed by atoms with Crippen molar-refractivity contribution in [3.63, 3.8) is 0 Å². The van der Waals surface area contributed by atoms with Crippen molar-refractivity contribution in [3.05, 3.63) is 57.2 Å². The molecule has 0 aliphatic carbocycles. The highest BCUT2D eigenvalue weighted by Crippen LogP contribution is 2.36. The highest BCUT2D eigenvalue weighted by Gasteiger charge is 2.36. The van der Waals surface area contributed by atoms with Crippen molar-refractivity contribution in [3.8, 4) is 0 Å². The van der Waals surface area contributed by atoms with Gasteiger partial charge >= 0.3 is 0 Å². The summed E-state index contributed by atoms with van der Waals surface area (Å²) in [7, 11) is 0. The van der Waals surface area contributed by atoms with E-state index < -0.39 is 5.79 Å². The molecule has 2 heterocycles. The first kappa shape index (κ1) is 15.1. The molecule has 0 amide bonds. The lowest BCUT2D eigenvalue weighted by atomic mass is 10.0. The predicted molar refractivity (Wildman–Crippen MR) is 94.5 cm³/mol. The van der Waals surface area contributed by atoms with Crippen LogP contribution in [0.3, 0.4) is 0 Å². The number of benzene rings is 2. The monoisotopic (exact) mass is 346 g/mol. The smallest absolute Gasteiger partial charge is 0.195 e. The summed E-state index contributed by atoms with van der Waals surface area (Å²) in [6.07, 6.45) is 0.704. The first-order valence-corrected chi connectivity index (χ1v) is 8.77. The molecule has 4 rings (SSSR count). The van der Waals surface area contributed by atoms with Gasteiger partial charge in [-0.3, -0.25) is 4.79 Å². The molecular formula is C18H15ClO3S. The molecule has 1 aliphatic rings. The Balaban J connectivity index is 1.99. The maximum atomic E-state index is 12.9. The Hall–Kier alpha value is -1.46. The van der Waals surface area contributed by atoms with Gasteiger partial charge in [0.25, 0.3) is 0 Å². The number of fused-ring (bicyclic) bond motifs is 2. The Labute approximate surface area is 142 Å². The van der Waals surface area contributed by atoms with E-state index in [9.17, 15) is 4.79 Å². The van der Waals surface area contributed by atoms with Crippen LogP contribution in [0.25, 0.3) is 20.2 Å². The van der Waals surface area contributed by atoms with Crippen molar-refractivity contribution < 1.29 is 9.47 Å². The van der Waals surface area contributed by atoms with Crippen LogP contribution in [0.2, 0.25) is 5.02 Å². The van der Waals surface area contributed by atoms with Crippen molar-refractivity contribution in [2.45, 2.75) is 19.1 Å². The van der Waals surface area contributed by atoms with Gasteiger partial charge in [0.15, 0.2) is 11.2 Å². The number of halogens is 1. The van der Waals surface area contributed by atoms with E-state index in [4.69, 9.17) is 21.1 Å². The summed E-state index contributed by atoms with van der Waals surface area (Å²) in [5, 5.41) is 1.92. The molecule has 3 nitrogen and oxygen atoms in total. The Morgan fingerprint density at radius 2 is 1.74 bits per heavy atom. The lowest BCUT2D eigenvalue weighted by Crippen LogP contribution is -2.26. The van der Waals surface area contributed by atoms with Crippen LogP contribution in [0.15, 0.2) is 41.2 Å². The molecule has 1 aromatic heterocycles. The molecule has 23 heavy (non-hydrogen) atoms. The van der Waals surface area contributed by atoms with Gasteiger partial charge in [-0.1, -0.05) is 24.6 Å². The molecule has 3 aromatic rings. The summed E-state index contributed by atoms with van der Waals surface area (Å²) in [6, 6.07) is 11.3. The molecular weight excluding hydrogens is 332 g/mol. The Morgan fingerprint density at radius 3 is 2.43 bits per heavy atom. The zero-order valence-corrected chi connectivity index (χ0v) is 14.2. The molecule has 1 aliphatic heterocycles. The second-order valence-corrected chi connectivity index (χ2v) is 7.11. The Morgan fingerprint density at radius 1 is 1.09 bits per heavy atom. The molecule has 0 bridgehead atoms. The van der Waals surface area contributed by atoms with Crippen LogP contribution >= 0.6 is 22.9 Å². The number of ether oxygens (including phenoxy) is 2. The van der Waals surface area contributed by atoms with Gasteiger partial charge in [0.1, 0.15) is 0 Å². The summed E-state index contributed by atoms with van der Waals surface area (Å²) >= 11 is 7.64. The molecule has 5 heteroatoms. The van der Waals surface area contributed by atoms with Crippen LogP contribution in [0.1, 0.15) is 18.9 Å². The largest absolute Gasteiger partial charge is 0.343 e. The van der Waals surface area contributed by atoms with Crippen molar-refractivity contribution >= 4 is 43.1 Å². The van der Waals surface area contributed by atoms with E-state index >= 15 is 0 Å². The minimum Gasteiger partial charge on any atom is -0.343 e. The van der Waals surface area contributed by atoms with Crippen LogP contribution in [0, 0.1) is 0 Å². The predicted octanol–water partition coefficient (Wildman–Crippen LogP) is 4.68. The van der Waals surface area contributed by atoms with E-state index in [2.05, 4.69) is 0 Å². The van der Waals surface area contributed by atoms with Crippen LogP contribution in [-0.4, -0.2) is 13.2 Å². The second-order valence-electron chi connectivity index (χ2n) is 5.59. The number of rotatable bonds is 2. The molecule has 0 saturated carbocycles. The van der Waals surface area contributed by atoms with Gasteiger partial charge < -0.3 is 9.47 Å². The van der Waals surface area contributed by atoms with Gasteiger partial charge in [0.2, 0.25) is 0 Å². The van der Waals surface area contributed by atoms with Gasteiger partial charge in [-0.2, -0.15) is 0 Å². The first-order valence-electron chi connectivity index (χ1n) is 7.57. The van der Waals surface area contributed by atoms with Crippen LogP contribution < -0.4 is 5.43 Å². The van der Waals surface area contributed by atoms with Crippen molar-refractivity contribution in [2.24, 2.45) is 0 Å². The summed E-state index contributed by atoms with van der Waals surface area (Å²) in [4.78, 5) is 12.9. The minimum atomic E-state index is -0.728. The molecule has 0 N–H and O–H groups in total. The summed E-state index contributed by atoms with van der Waals surface area (Å²) < 4.78 is 13.6. The fraction of sp³-hybridized carbons (Fsp3) is 0.278. The molecule has 0 unspecified atom stereocenters. The third-order valence-electron chi connectivity index (χ3n) is 4.29. The van der Waals surface area contributed by atoms with E-state index in [1.807, 2.05) is 37.3 Å². The number of hydrogen-bond acceptors (Lipinski definition) is 4. The standard InChI is InChI=1S/C18H15ClO3S/c1-2-18(21-7-8-22-18)11-3-5-15-13(9-11)17(20)14-10-12(19)4-6-16(14)23-15/h3-6,9-10H,2,7-8H2,1H3. The lowest BCUT2D eigenvalue weighted by molar-refractivity contribution is -0.167. The Bertz CT molecular complexity index is 958. The SMILES string of the molecule is CCC1(c2ccc3sc4ccc(Cl)cc4c(=O)c3c2)OCCO1.